The third-order valence-corrected chi connectivity index (χ3v) is 6.84. The summed E-state index contributed by atoms with van der Waals surface area (Å²) in [5.41, 5.74) is 9.02. The highest BCUT2D eigenvalue weighted by atomic mass is 79.9. The topological polar surface area (TPSA) is 28.2 Å². The Labute approximate surface area is 188 Å². The number of nitrogens with one attached hydrogen (secondary N) is 1. The second kappa shape index (κ2) is 9.32. The lowest BCUT2D eigenvalue weighted by Crippen LogP contribution is -2.43. The van der Waals surface area contributed by atoms with E-state index in [1.54, 1.807) is 0 Å². The lowest BCUT2D eigenvalue weighted by molar-refractivity contribution is 0.428. The molecule has 0 aliphatic carbocycles. The number of hydrogen-bond donors (Lipinski definition) is 1. The van der Waals surface area contributed by atoms with Gasteiger partial charge in [0.15, 0.2) is 0 Å². The summed E-state index contributed by atoms with van der Waals surface area (Å²) < 4.78 is 1.12. The normalized spacial score (nSPS) is 14.7. The van der Waals surface area contributed by atoms with Gasteiger partial charge in [-0.05, 0) is 105 Å². The number of anilines is 1. The molecule has 2 aromatic carbocycles. The quantitative estimate of drug-likeness (QED) is 0.488. The molecule has 1 saturated heterocycles. The summed E-state index contributed by atoms with van der Waals surface area (Å²) in [6.45, 7) is 9.61. The van der Waals surface area contributed by atoms with Crippen LogP contribution in [0.1, 0.15) is 35.1 Å². The maximum Gasteiger partial charge on any atom is 0.0448 e. The monoisotopic (exact) mass is 463 g/mol. The molecule has 0 atom stereocenters. The van der Waals surface area contributed by atoms with Crippen LogP contribution in [0.15, 0.2) is 59.3 Å². The fourth-order valence-corrected chi connectivity index (χ4v) is 4.58. The first-order valence-corrected chi connectivity index (χ1v) is 11.6. The smallest absolute Gasteiger partial charge is 0.0448 e. The minimum absolute atomic E-state index is 0.542. The number of aryl methyl sites for hydroxylation is 2. The molecule has 156 valence electrons. The Bertz CT molecular complexity index is 984. The molecule has 0 unspecified atom stereocenters. The van der Waals surface area contributed by atoms with Crippen molar-refractivity contribution in [2.75, 3.05) is 18.0 Å². The Balaban J connectivity index is 1.65. The predicted molar refractivity (Wildman–Crippen MR) is 130 cm³/mol. The number of pyridine rings is 1. The maximum atomic E-state index is 4.60. The summed E-state index contributed by atoms with van der Waals surface area (Å²) in [7, 11) is 0. The first-order chi connectivity index (χ1) is 14.5. The molecule has 4 rings (SSSR count). The Morgan fingerprint density at radius 1 is 0.933 bits per heavy atom. The van der Waals surface area contributed by atoms with Crippen LogP contribution in [0.5, 0.6) is 0 Å². The van der Waals surface area contributed by atoms with Gasteiger partial charge in [0.25, 0.3) is 0 Å². The number of nitrogens with zero attached hydrogens (tertiary/aromatic N) is 2. The minimum Gasteiger partial charge on any atom is -0.364 e. The number of halogens is 1. The summed E-state index contributed by atoms with van der Waals surface area (Å²) >= 11 is 3.57. The molecule has 1 N–H and O–H groups in total. The Morgan fingerprint density at radius 3 is 2.27 bits per heavy atom. The molecule has 0 spiro atoms. The number of benzene rings is 2. The Kier molecular flexibility index (Phi) is 6.55. The summed E-state index contributed by atoms with van der Waals surface area (Å²) in [4.78, 5) is 7.16. The lowest BCUT2D eigenvalue weighted by atomic mass is 9.96. The number of piperidine rings is 1. The van der Waals surface area contributed by atoms with Crippen molar-refractivity contribution in [3.63, 3.8) is 0 Å². The van der Waals surface area contributed by atoms with E-state index in [2.05, 4.69) is 94.4 Å². The molecular weight excluding hydrogens is 434 g/mol. The van der Waals surface area contributed by atoms with Crippen LogP contribution in [0.2, 0.25) is 0 Å². The molecule has 2 heterocycles. The number of rotatable bonds is 5. The average molecular weight is 464 g/mol. The van der Waals surface area contributed by atoms with E-state index in [4.69, 9.17) is 0 Å². The molecule has 0 amide bonds. The van der Waals surface area contributed by atoms with Crippen LogP contribution in [-0.2, 0) is 6.54 Å². The third-order valence-electron chi connectivity index (χ3n) is 6.32. The zero-order chi connectivity index (χ0) is 21.1. The van der Waals surface area contributed by atoms with E-state index in [-0.39, 0.29) is 0 Å². The summed E-state index contributed by atoms with van der Waals surface area (Å²) in [5, 5.41) is 3.49. The van der Waals surface area contributed by atoms with Gasteiger partial charge in [-0.15, -0.1) is 0 Å². The van der Waals surface area contributed by atoms with Crippen molar-refractivity contribution < 1.29 is 0 Å². The van der Waals surface area contributed by atoms with Crippen LogP contribution in [0.4, 0.5) is 5.69 Å². The molecule has 1 aliphatic rings. The van der Waals surface area contributed by atoms with Crippen LogP contribution in [0.3, 0.4) is 0 Å². The predicted octanol–water partition coefficient (Wildman–Crippen LogP) is 6.19. The molecule has 1 aromatic heterocycles. The van der Waals surface area contributed by atoms with Crippen LogP contribution in [0.25, 0.3) is 11.1 Å². The molecule has 3 nitrogen and oxygen atoms in total. The van der Waals surface area contributed by atoms with Gasteiger partial charge in [-0.1, -0.05) is 28.1 Å². The van der Waals surface area contributed by atoms with Gasteiger partial charge in [0, 0.05) is 40.7 Å². The number of hydrogen-bond acceptors (Lipinski definition) is 3. The van der Waals surface area contributed by atoms with Crippen molar-refractivity contribution in [2.24, 2.45) is 0 Å². The lowest BCUT2D eigenvalue weighted by Gasteiger charge is -2.36. The molecule has 0 bridgehead atoms. The van der Waals surface area contributed by atoms with Crippen LogP contribution >= 0.6 is 15.9 Å². The second-order valence-electron chi connectivity index (χ2n) is 8.40. The first kappa shape index (κ1) is 21.1. The summed E-state index contributed by atoms with van der Waals surface area (Å²) in [6, 6.07) is 16.1. The van der Waals surface area contributed by atoms with Gasteiger partial charge in [-0.25, -0.2) is 0 Å². The van der Waals surface area contributed by atoms with Crippen LogP contribution in [0, 0.1) is 20.8 Å². The van der Waals surface area contributed by atoms with Gasteiger partial charge in [0.05, 0.1) is 0 Å². The molecule has 0 radical (unpaired) electrons. The van der Waals surface area contributed by atoms with E-state index in [0.717, 1.165) is 24.1 Å². The van der Waals surface area contributed by atoms with E-state index < -0.39 is 0 Å². The van der Waals surface area contributed by atoms with E-state index in [9.17, 15) is 0 Å². The van der Waals surface area contributed by atoms with E-state index >= 15 is 0 Å². The first-order valence-electron chi connectivity index (χ1n) is 10.8. The average Bonchev–Trinajstić information content (AvgIpc) is 2.77. The molecule has 30 heavy (non-hydrogen) atoms. The summed E-state index contributed by atoms with van der Waals surface area (Å²) in [6.07, 6.45) is 6.34. The van der Waals surface area contributed by atoms with Gasteiger partial charge < -0.3 is 10.2 Å². The van der Waals surface area contributed by atoms with Gasteiger partial charge in [-0.3, -0.25) is 4.98 Å². The van der Waals surface area contributed by atoms with E-state index in [1.807, 2.05) is 12.4 Å². The van der Waals surface area contributed by atoms with Crippen molar-refractivity contribution in [1.29, 1.82) is 0 Å². The van der Waals surface area contributed by atoms with Gasteiger partial charge >= 0.3 is 0 Å². The third kappa shape index (κ3) is 4.76. The maximum absolute atomic E-state index is 4.60. The fraction of sp³-hybridized carbons (Fsp3) is 0.346. The van der Waals surface area contributed by atoms with Crippen LogP contribution < -0.4 is 10.2 Å². The molecular formula is C26H30BrN3. The van der Waals surface area contributed by atoms with E-state index in [0.29, 0.717) is 6.04 Å². The van der Waals surface area contributed by atoms with Crippen molar-refractivity contribution in [3.05, 3.63) is 81.6 Å². The molecule has 0 saturated carbocycles. The van der Waals surface area contributed by atoms with Crippen molar-refractivity contribution in [2.45, 2.75) is 46.2 Å². The number of aromatic nitrogens is 1. The highest BCUT2D eigenvalue weighted by Gasteiger charge is 2.22. The molecule has 1 fully saturated rings. The zero-order valence-electron chi connectivity index (χ0n) is 18.1. The highest BCUT2D eigenvalue weighted by Crippen LogP contribution is 2.28. The molecule has 3 aromatic rings. The zero-order valence-corrected chi connectivity index (χ0v) is 19.7. The van der Waals surface area contributed by atoms with Gasteiger partial charge in [0.2, 0.25) is 0 Å². The van der Waals surface area contributed by atoms with Gasteiger partial charge in [0.1, 0.15) is 0 Å². The fourth-order valence-electron chi connectivity index (χ4n) is 4.31. The van der Waals surface area contributed by atoms with Gasteiger partial charge in [-0.2, -0.15) is 0 Å². The SMILES string of the molecule is Cc1cc(-c2cncc(CN(c3ccc(Br)cc3)C3CCNCC3)c2)cc(C)c1C. The minimum atomic E-state index is 0.542. The Morgan fingerprint density at radius 2 is 1.60 bits per heavy atom. The Hall–Kier alpha value is -2.17. The van der Waals surface area contributed by atoms with Crippen molar-refractivity contribution in [3.8, 4) is 11.1 Å². The standard InChI is InChI=1S/C26H30BrN3/c1-18-12-22(13-19(2)20(18)3)23-14-21(15-29-16-23)17-30(26-8-10-28-11-9-26)25-6-4-24(27)5-7-25/h4-7,12-16,26,28H,8-11,17H2,1-3H3. The molecule has 1 aliphatic heterocycles. The summed E-state index contributed by atoms with van der Waals surface area (Å²) in [5.74, 6) is 0. The highest BCUT2D eigenvalue weighted by molar-refractivity contribution is 9.10. The van der Waals surface area contributed by atoms with E-state index in [1.165, 1.54) is 51.9 Å². The largest absolute Gasteiger partial charge is 0.364 e. The van der Waals surface area contributed by atoms with Crippen molar-refractivity contribution in [1.82, 2.24) is 10.3 Å². The molecule has 4 heteroatoms. The second-order valence-corrected chi connectivity index (χ2v) is 9.32. The van der Waals surface area contributed by atoms with Crippen LogP contribution in [-0.4, -0.2) is 24.1 Å². The van der Waals surface area contributed by atoms with Crippen molar-refractivity contribution >= 4 is 21.6 Å².